The minimum Gasteiger partial charge on any atom is -0.317 e. The molecule has 4 heteroatoms. The van der Waals surface area contributed by atoms with Crippen molar-refractivity contribution in [2.24, 2.45) is 0 Å². The first-order valence-electron chi connectivity index (χ1n) is 19.0. The summed E-state index contributed by atoms with van der Waals surface area (Å²) in [5.41, 5.74) is 14.2. The van der Waals surface area contributed by atoms with Crippen molar-refractivity contribution in [3.63, 3.8) is 0 Å². The molecule has 0 radical (unpaired) electrons. The third kappa shape index (κ3) is 5.39. The molecule has 0 bridgehead atoms. The lowest BCUT2D eigenvalue weighted by molar-refractivity contribution is 1.13. The molecule has 0 amide bonds. The highest BCUT2D eigenvalue weighted by molar-refractivity contribution is 6.13. The number of fused-ring (bicyclic) bond motifs is 5. The molecule has 11 rings (SSSR count). The van der Waals surface area contributed by atoms with Crippen LogP contribution >= 0.6 is 0 Å². The van der Waals surface area contributed by atoms with E-state index in [1.165, 1.54) is 21.7 Å². The van der Waals surface area contributed by atoms with Crippen molar-refractivity contribution >= 4 is 43.6 Å². The second kappa shape index (κ2) is 13.1. The van der Waals surface area contributed by atoms with E-state index in [1.54, 1.807) is 0 Å². The van der Waals surface area contributed by atoms with Crippen molar-refractivity contribution in [2.45, 2.75) is 0 Å². The van der Waals surface area contributed by atoms with Crippen LogP contribution < -0.4 is 0 Å². The van der Waals surface area contributed by atoms with Crippen LogP contribution in [0.2, 0.25) is 0 Å². The van der Waals surface area contributed by atoms with E-state index in [2.05, 4.69) is 216 Å². The minimum atomic E-state index is 0.690. The topological polar surface area (TPSA) is 35.6 Å². The smallest absolute Gasteiger partial charge is 0.160 e. The predicted molar refractivity (Wildman–Crippen MR) is 232 cm³/mol. The summed E-state index contributed by atoms with van der Waals surface area (Å²) in [6, 6.07) is 71.1. The summed E-state index contributed by atoms with van der Waals surface area (Å²) in [7, 11) is 0. The summed E-state index contributed by atoms with van der Waals surface area (Å²) in [5, 5.41) is 4.64. The van der Waals surface area contributed by atoms with Gasteiger partial charge in [-0.3, -0.25) is 0 Å². The lowest BCUT2D eigenvalue weighted by Gasteiger charge is -2.14. The first kappa shape index (κ1) is 31.9. The third-order valence-corrected chi connectivity index (χ3v) is 10.9. The normalized spacial score (nSPS) is 11.6. The second-order valence-corrected chi connectivity index (χ2v) is 14.3. The summed E-state index contributed by atoms with van der Waals surface area (Å²) in [5.74, 6) is 0.690. The molecule has 3 aromatic heterocycles. The van der Waals surface area contributed by atoms with Crippen molar-refractivity contribution in [1.82, 2.24) is 19.1 Å². The van der Waals surface area contributed by atoms with Gasteiger partial charge >= 0.3 is 0 Å². The molecule has 0 saturated carbocycles. The largest absolute Gasteiger partial charge is 0.317 e. The number of hydrogen-bond donors (Lipinski definition) is 0. The molecule has 0 N–H and O–H groups in total. The molecule has 11 aromatic rings. The number of hydrogen-bond acceptors (Lipinski definition) is 2. The summed E-state index contributed by atoms with van der Waals surface area (Å²) in [4.78, 5) is 10.6. The van der Waals surface area contributed by atoms with Crippen LogP contribution in [0.4, 0.5) is 0 Å². The van der Waals surface area contributed by atoms with Crippen molar-refractivity contribution in [3.05, 3.63) is 206 Å². The highest BCUT2D eigenvalue weighted by Gasteiger charge is 2.18. The third-order valence-electron chi connectivity index (χ3n) is 10.9. The Hall–Kier alpha value is -7.56. The van der Waals surface area contributed by atoms with Crippen molar-refractivity contribution in [3.8, 4) is 56.3 Å². The lowest BCUT2D eigenvalue weighted by Crippen LogP contribution is -1.98. The van der Waals surface area contributed by atoms with Gasteiger partial charge < -0.3 is 9.13 Å². The van der Waals surface area contributed by atoms with Crippen LogP contribution in [0.5, 0.6) is 0 Å². The highest BCUT2D eigenvalue weighted by Crippen LogP contribution is 2.38. The van der Waals surface area contributed by atoms with E-state index >= 15 is 0 Å². The van der Waals surface area contributed by atoms with Crippen molar-refractivity contribution in [1.29, 1.82) is 0 Å². The van der Waals surface area contributed by atoms with E-state index in [0.717, 1.165) is 72.4 Å². The van der Waals surface area contributed by atoms with Gasteiger partial charge in [0.25, 0.3) is 0 Å². The van der Waals surface area contributed by atoms with Crippen molar-refractivity contribution < 1.29 is 0 Å². The van der Waals surface area contributed by atoms with Gasteiger partial charge in [0.15, 0.2) is 5.82 Å². The maximum Gasteiger partial charge on any atom is 0.160 e. The second-order valence-electron chi connectivity index (χ2n) is 14.3. The summed E-state index contributed by atoms with van der Waals surface area (Å²) < 4.78 is 4.65. The number of nitrogens with zero attached hydrogens (tertiary/aromatic N) is 4. The monoisotopic (exact) mass is 714 g/mol. The zero-order valence-corrected chi connectivity index (χ0v) is 30.4. The molecule has 0 fully saturated rings. The van der Waals surface area contributed by atoms with E-state index in [4.69, 9.17) is 9.97 Å². The Kier molecular flexibility index (Phi) is 7.46. The summed E-state index contributed by atoms with van der Waals surface area (Å²) in [6.45, 7) is 0. The van der Waals surface area contributed by atoms with Gasteiger partial charge in [0.05, 0.1) is 27.8 Å². The SMILES string of the molecule is c1ccc(-c2cc(-c3ccccc3)cc(-c3nc(-c4cccc(-n5c6ccccc6c6cc7c(ccn7-c7ccccc7)cc65)c4)nc4ccccc34)c2)cc1. The van der Waals surface area contributed by atoms with Gasteiger partial charge in [-0.1, -0.05) is 127 Å². The minimum absolute atomic E-state index is 0.690. The highest BCUT2D eigenvalue weighted by atomic mass is 15.0. The molecule has 262 valence electrons. The molecule has 0 unspecified atom stereocenters. The summed E-state index contributed by atoms with van der Waals surface area (Å²) >= 11 is 0. The van der Waals surface area contributed by atoms with Crippen LogP contribution in [0.1, 0.15) is 0 Å². The van der Waals surface area contributed by atoms with Crippen LogP contribution in [-0.4, -0.2) is 19.1 Å². The molecule has 4 nitrogen and oxygen atoms in total. The van der Waals surface area contributed by atoms with Crippen LogP contribution in [0.25, 0.3) is 99.9 Å². The molecule has 0 aliphatic rings. The van der Waals surface area contributed by atoms with Crippen LogP contribution in [0, 0.1) is 0 Å². The van der Waals surface area contributed by atoms with Crippen LogP contribution in [0.15, 0.2) is 206 Å². The molecule has 0 aliphatic heterocycles. The van der Waals surface area contributed by atoms with Crippen molar-refractivity contribution in [2.75, 3.05) is 0 Å². The standard InChI is InChI=1S/C52H34N4/c1-4-15-35(16-5-1)39-29-40(36-17-6-2-7-18-36)31-41(30-39)51-45-24-10-12-25-47(45)53-52(54-51)38-19-14-22-43(32-38)56-48-26-13-11-23-44(48)46-34-49-37(33-50(46)56)27-28-55(49)42-20-8-3-9-21-42/h1-34H. The fraction of sp³-hybridized carbons (Fsp3) is 0. The molecule has 3 heterocycles. The van der Waals surface area contributed by atoms with Gasteiger partial charge in [-0.25, -0.2) is 9.97 Å². The number of benzene rings is 8. The Labute approximate surface area is 324 Å². The quantitative estimate of drug-likeness (QED) is 0.172. The molecular weight excluding hydrogens is 681 g/mol. The van der Waals surface area contributed by atoms with E-state index in [0.29, 0.717) is 5.82 Å². The number of rotatable bonds is 6. The van der Waals surface area contributed by atoms with Crippen LogP contribution in [-0.2, 0) is 0 Å². The Morgan fingerprint density at radius 2 is 0.946 bits per heavy atom. The fourth-order valence-electron chi connectivity index (χ4n) is 8.26. The Morgan fingerprint density at radius 1 is 0.339 bits per heavy atom. The van der Waals surface area contributed by atoms with E-state index in [1.807, 2.05) is 0 Å². The van der Waals surface area contributed by atoms with E-state index < -0.39 is 0 Å². The first-order chi connectivity index (χ1) is 27.7. The molecule has 0 aliphatic carbocycles. The molecule has 0 spiro atoms. The number of aromatic nitrogens is 4. The fourth-order valence-corrected chi connectivity index (χ4v) is 8.26. The van der Waals surface area contributed by atoms with Gasteiger partial charge in [-0.05, 0) is 95.1 Å². The van der Waals surface area contributed by atoms with E-state index in [9.17, 15) is 0 Å². The zero-order chi connectivity index (χ0) is 37.0. The lowest BCUT2D eigenvalue weighted by atomic mass is 9.94. The Morgan fingerprint density at radius 3 is 1.70 bits per heavy atom. The maximum atomic E-state index is 5.41. The van der Waals surface area contributed by atoms with Gasteiger partial charge in [0, 0.05) is 50.2 Å². The molecule has 0 saturated heterocycles. The zero-order valence-electron chi connectivity index (χ0n) is 30.4. The predicted octanol–water partition coefficient (Wildman–Crippen LogP) is 13.3. The molecule has 56 heavy (non-hydrogen) atoms. The van der Waals surface area contributed by atoms with Gasteiger partial charge in [0.1, 0.15) is 0 Å². The number of para-hydroxylation sites is 3. The molecule has 0 atom stereocenters. The van der Waals surface area contributed by atoms with Crippen LogP contribution in [0.3, 0.4) is 0 Å². The maximum absolute atomic E-state index is 5.41. The van der Waals surface area contributed by atoms with Gasteiger partial charge in [0.2, 0.25) is 0 Å². The Balaban J connectivity index is 1.09. The first-order valence-corrected chi connectivity index (χ1v) is 19.0. The average molecular weight is 715 g/mol. The van der Waals surface area contributed by atoms with E-state index in [-0.39, 0.29) is 0 Å². The van der Waals surface area contributed by atoms with Gasteiger partial charge in [-0.2, -0.15) is 0 Å². The van der Waals surface area contributed by atoms with Gasteiger partial charge in [-0.15, -0.1) is 0 Å². The summed E-state index contributed by atoms with van der Waals surface area (Å²) in [6.07, 6.45) is 2.17. The molecule has 8 aromatic carbocycles. The average Bonchev–Trinajstić information content (AvgIpc) is 3.84. The molecular formula is C52H34N4. The Bertz CT molecular complexity index is 3170.